The molecule has 0 saturated carbocycles. The number of aromatic nitrogens is 3. The largest absolute Gasteiger partial charge is 0.493 e. The van der Waals surface area contributed by atoms with E-state index in [2.05, 4.69) is 10.5 Å². The van der Waals surface area contributed by atoms with Gasteiger partial charge in [0.1, 0.15) is 11.2 Å². The van der Waals surface area contributed by atoms with Crippen LogP contribution in [0.3, 0.4) is 0 Å². The SMILES string of the molecule is COc1ccc(-c2nc3ccccc3c3nc4ccccn4c23)cc1OC. The maximum absolute atomic E-state index is 5.49. The maximum atomic E-state index is 5.49. The summed E-state index contributed by atoms with van der Waals surface area (Å²) in [6.07, 6.45) is 2.02. The van der Waals surface area contributed by atoms with Gasteiger partial charge < -0.3 is 9.47 Å². The van der Waals surface area contributed by atoms with E-state index in [1.807, 2.05) is 60.8 Å². The van der Waals surface area contributed by atoms with Crippen LogP contribution in [0.25, 0.3) is 38.8 Å². The van der Waals surface area contributed by atoms with Gasteiger partial charge in [0.15, 0.2) is 11.5 Å². The molecule has 0 aliphatic rings. The van der Waals surface area contributed by atoms with Crippen LogP contribution in [0, 0.1) is 0 Å². The topological polar surface area (TPSA) is 48.7 Å². The predicted octanol–water partition coefficient (Wildman–Crippen LogP) is 4.72. The molecule has 0 saturated heterocycles. The Bertz CT molecular complexity index is 1310. The zero-order chi connectivity index (χ0) is 18.4. The minimum Gasteiger partial charge on any atom is -0.493 e. The third kappa shape index (κ3) is 2.32. The van der Waals surface area contributed by atoms with E-state index in [9.17, 15) is 0 Å². The Hall–Kier alpha value is -3.60. The van der Waals surface area contributed by atoms with Crippen LogP contribution < -0.4 is 9.47 Å². The lowest BCUT2D eigenvalue weighted by molar-refractivity contribution is 0.355. The summed E-state index contributed by atoms with van der Waals surface area (Å²) in [5.74, 6) is 1.36. The van der Waals surface area contributed by atoms with Crippen molar-refractivity contribution in [3.8, 4) is 22.8 Å². The summed E-state index contributed by atoms with van der Waals surface area (Å²) in [6.45, 7) is 0. The molecule has 3 heterocycles. The lowest BCUT2D eigenvalue weighted by atomic mass is 10.1. The number of para-hydroxylation sites is 1. The average molecular weight is 355 g/mol. The quantitative estimate of drug-likeness (QED) is 0.470. The Morgan fingerprint density at radius 3 is 2.48 bits per heavy atom. The first-order valence-corrected chi connectivity index (χ1v) is 8.68. The number of pyridine rings is 2. The van der Waals surface area contributed by atoms with E-state index in [4.69, 9.17) is 19.4 Å². The fraction of sp³-hybridized carbons (Fsp3) is 0.0909. The molecule has 0 fully saturated rings. The smallest absolute Gasteiger partial charge is 0.161 e. The minimum absolute atomic E-state index is 0.673. The van der Waals surface area contributed by atoms with Crippen LogP contribution in [0.1, 0.15) is 0 Å². The van der Waals surface area contributed by atoms with Crippen molar-refractivity contribution in [3.05, 3.63) is 66.9 Å². The monoisotopic (exact) mass is 355 g/mol. The van der Waals surface area contributed by atoms with E-state index in [1.54, 1.807) is 14.2 Å². The highest BCUT2D eigenvalue weighted by molar-refractivity contribution is 6.09. The normalized spacial score (nSPS) is 11.3. The van der Waals surface area contributed by atoms with E-state index in [0.717, 1.165) is 38.8 Å². The minimum atomic E-state index is 0.673. The van der Waals surface area contributed by atoms with Gasteiger partial charge in [0.05, 0.1) is 30.9 Å². The Balaban J connectivity index is 1.93. The molecule has 0 N–H and O–H groups in total. The summed E-state index contributed by atoms with van der Waals surface area (Å²) in [5, 5.41) is 1.04. The maximum Gasteiger partial charge on any atom is 0.161 e. The summed E-state index contributed by atoms with van der Waals surface area (Å²) < 4.78 is 13.0. The van der Waals surface area contributed by atoms with Crippen molar-refractivity contribution in [2.24, 2.45) is 0 Å². The van der Waals surface area contributed by atoms with Crippen molar-refractivity contribution in [2.75, 3.05) is 14.2 Å². The van der Waals surface area contributed by atoms with Gasteiger partial charge in [0, 0.05) is 17.1 Å². The first-order chi connectivity index (χ1) is 13.3. The van der Waals surface area contributed by atoms with Crippen LogP contribution in [0.15, 0.2) is 66.9 Å². The molecule has 0 atom stereocenters. The fourth-order valence-electron chi connectivity index (χ4n) is 3.54. The number of hydrogen-bond acceptors (Lipinski definition) is 4. The van der Waals surface area contributed by atoms with Crippen LogP contribution in [-0.2, 0) is 0 Å². The van der Waals surface area contributed by atoms with E-state index in [1.165, 1.54) is 0 Å². The molecular weight excluding hydrogens is 338 g/mol. The number of nitrogens with zero attached hydrogens (tertiary/aromatic N) is 3. The number of hydrogen-bond donors (Lipinski definition) is 0. The number of benzene rings is 2. The Kier molecular flexibility index (Phi) is 3.47. The highest BCUT2D eigenvalue weighted by Gasteiger charge is 2.17. The first-order valence-electron chi connectivity index (χ1n) is 8.68. The molecule has 5 nitrogen and oxygen atoms in total. The van der Waals surface area contributed by atoms with Gasteiger partial charge in [-0.3, -0.25) is 4.40 Å². The van der Waals surface area contributed by atoms with Gasteiger partial charge in [-0.25, -0.2) is 9.97 Å². The first kappa shape index (κ1) is 15.6. The molecule has 0 radical (unpaired) electrons. The van der Waals surface area contributed by atoms with Crippen LogP contribution in [0.4, 0.5) is 0 Å². The molecule has 0 aliphatic carbocycles. The van der Waals surface area contributed by atoms with E-state index in [-0.39, 0.29) is 0 Å². The van der Waals surface area contributed by atoms with Crippen LogP contribution >= 0.6 is 0 Å². The van der Waals surface area contributed by atoms with Gasteiger partial charge in [-0.05, 0) is 36.4 Å². The standard InChI is InChI=1S/C22H17N3O2/c1-26-17-11-10-14(13-18(17)27-2)20-22-21(15-7-3-4-8-16(15)23-20)24-19-9-5-6-12-25(19)22/h3-13H,1-2H3. The third-order valence-electron chi connectivity index (χ3n) is 4.80. The van der Waals surface area contributed by atoms with Crippen molar-refractivity contribution >= 4 is 27.6 Å². The molecule has 0 aliphatic heterocycles. The number of rotatable bonds is 3. The highest BCUT2D eigenvalue weighted by Crippen LogP contribution is 2.36. The highest BCUT2D eigenvalue weighted by atomic mass is 16.5. The van der Waals surface area contributed by atoms with Gasteiger partial charge in [0.25, 0.3) is 0 Å². The summed E-state index contributed by atoms with van der Waals surface area (Å²) in [4.78, 5) is 9.84. The second-order valence-corrected chi connectivity index (χ2v) is 6.29. The lowest BCUT2D eigenvalue weighted by Crippen LogP contribution is -1.94. The van der Waals surface area contributed by atoms with Gasteiger partial charge in [-0.2, -0.15) is 0 Å². The van der Waals surface area contributed by atoms with Gasteiger partial charge >= 0.3 is 0 Å². The molecule has 0 amide bonds. The van der Waals surface area contributed by atoms with Crippen LogP contribution in [0.2, 0.25) is 0 Å². The lowest BCUT2D eigenvalue weighted by Gasteiger charge is -2.11. The average Bonchev–Trinajstić information content (AvgIpc) is 3.12. The second-order valence-electron chi connectivity index (χ2n) is 6.29. The zero-order valence-electron chi connectivity index (χ0n) is 15.0. The number of fused-ring (bicyclic) bond motifs is 5. The van der Waals surface area contributed by atoms with Gasteiger partial charge in [-0.15, -0.1) is 0 Å². The van der Waals surface area contributed by atoms with E-state index in [0.29, 0.717) is 11.5 Å². The Morgan fingerprint density at radius 2 is 1.63 bits per heavy atom. The fourth-order valence-corrected chi connectivity index (χ4v) is 3.54. The predicted molar refractivity (Wildman–Crippen MR) is 107 cm³/mol. The van der Waals surface area contributed by atoms with Crippen molar-refractivity contribution in [3.63, 3.8) is 0 Å². The van der Waals surface area contributed by atoms with E-state index < -0.39 is 0 Å². The molecule has 0 spiro atoms. The molecule has 5 heteroatoms. The summed E-state index contributed by atoms with van der Waals surface area (Å²) in [5.41, 5.74) is 5.55. The molecule has 0 bridgehead atoms. The Labute approximate surface area is 155 Å². The number of imidazole rings is 1. The second kappa shape index (κ2) is 5.99. The van der Waals surface area contributed by atoms with Crippen molar-refractivity contribution in [2.45, 2.75) is 0 Å². The van der Waals surface area contributed by atoms with Crippen molar-refractivity contribution in [1.29, 1.82) is 0 Å². The number of methoxy groups -OCH3 is 2. The molecular formula is C22H17N3O2. The zero-order valence-corrected chi connectivity index (χ0v) is 15.0. The van der Waals surface area contributed by atoms with Gasteiger partial charge in [0.2, 0.25) is 0 Å². The molecule has 5 aromatic rings. The van der Waals surface area contributed by atoms with Crippen LogP contribution in [0.5, 0.6) is 11.5 Å². The Morgan fingerprint density at radius 1 is 0.815 bits per heavy atom. The molecule has 132 valence electrons. The number of ether oxygens (including phenoxy) is 2. The van der Waals surface area contributed by atoms with E-state index >= 15 is 0 Å². The molecule has 0 unspecified atom stereocenters. The van der Waals surface area contributed by atoms with Crippen molar-refractivity contribution in [1.82, 2.24) is 14.4 Å². The molecule has 3 aromatic heterocycles. The molecule has 5 rings (SSSR count). The summed E-state index contributed by atoms with van der Waals surface area (Å²) in [7, 11) is 3.27. The molecule has 27 heavy (non-hydrogen) atoms. The van der Waals surface area contributed by atoms with Gasteiger partial charge in [-0.1, -0.05) is 24.3 Å². The summed E-state index contributed by atoms with van der Waals surface area (Å²) in [6, 6.07) is 20.0. The van der Waals surface area contributed by atoms with Crippen LogP contribution in [-0.4, -0.2) is 28.6 Å². The van der Waals surface area contributed by atoms with Crippen molar-refractivity contribution < 1.29 is 9.47 Å². The summed E-state index contributed by atoms with van der Waals surface area (Å²) >= 11 is 0. The third-order valence-corrected chi connectivity index (χ3v) is 4.80. The molecule has 2 aromatic carbocycles.